The summed E-state index contributed by atoms with van der Waals surface area (Å²) in [7, 11) is 0. The largest absolute Gasteiger partial charge is 0.478 e. The van der Waals surface area contributed by atoms with Crippen LogP contribution in [0.25, 0.3) is 0 Å². The van der Waals surface area contributed by atoms with Crippen LogP contribution < -0.4 is 5.32 Å². The predicted octanol–water partition coefficient (Wildman–Crippen LogP) is 5.70. The lowest BCUT2D eigenvalue weighted by molar-refractivity contribution is -0.137. The quantitative estimate of drug-likeness (QED) is 0.695. The van der Waals surface area contributed by atoms with E-state index < -0.39 is 17.7 Å². The maximum Gasteiger partial charge on any atom is 0.416 e. The Labute approximate surface area is 160 Å². The standard InChI is InChI=1S/C22H20F3NO2/c23-22(24,25)15-3-1-2-13(9-15)20-19-12-5-4-11(8-12)18(19)16-10-14(21(27)28)6-7-17(16)26-20/h1-3,6-7,9-12,18-20,26H,4-5,8H2,(H,27,28)/t11-,12+,18+,19-,20+/m0/s1. The molecule has 3 nitrogen and oxygen atoms in total. The molecule has 5 atom stereocenters. The van der Waals surface area contributed by atoms with Gasteiger partial charge in [0.1, 0.15) is 0 Å². The van der Waals surface area contributed by atoms with Gasteiger partial charge in [-0.2, -0.15) is 13.2 Å². The van der Waals surface area contributed by atoms with Crippen LogP contribution in [0, 0.1) is 17.8 Å². The van der Waals surface area contributed by atoms with Gasteiger partial charge in [0.05, 0.1) is 17.2 Å². The predicted molar refractivity (Wildman–Crippen MR) is 98.3 cm³/mol. The number of hydrogen-bond donors (Lipinski definition) is 2. The van der Waals surface area contributed by atoms with Gasteiger partial charge in [0, 0.05) is 5.69 Å². The van der Waals surface area contributed by atoms with E-state index in [0.717, 1.165) is 36.6 Å². The van der Waals surface area contributed by atoms with Gasteiger partial charge in [-0.15, -0.1) is 0 Å². The van der Waals surface area contributed by atoms with Crippen molar-refractivity contribution in [3.63, 3.8) is 0 Å². The number of benzene rings is 2. The molecule has 0 aromatic heterocycles. The molecule has 2 aliphatic carbocycles. The van der Waals surface area contributed by atoms with Crippen molar-refractivity contribution >= 4 is 11.7 Å². The molecule has 0 unspecified atom stereocenters. The molecule has 2 aromatic rings. The van der Waals surface area contributed by atoms with Crippen molar-refractivity contribution in [1.82, 2.24) is 0 Å². The van der Waals surface area contributed by atoms with Gasteiger partial charge in [-0.3, -0.25) is 0 Å². The smallest absolute Gasteiger partial charge is 0.416 e. The van der Waals surface area contributed by atoms with Crippen LogP contribution in [-0.4, -0.2) is 11.1 Å². The molecule has 28 heavy (non-hydrogen) atoms. The van der Waals surface area contributed by atoms with Gasteiger partial charge < -0.3 is 10.4 Å². The topological polar surface area (TPSA) is 49.3 Å². The maximum atomic E-state index is 13.2. The lowest BCUT2D eigenvalue weighted by Gasteiger charge is -2.43. The Morgan fingerprint density at radius 2 is 1.86 bits per heavy atom. The summed E-state index contributed by atoms with van der Waals surface area (Å²) in [6.45, 7) is 0. The molecule has 146 valence electrons. The Morgan fingerprint density at radius 1 is 1.07 bits per heavy atom. The molecular weight excluding hydrogens is 367 g/mol. The Bertz CT molecular complexity index is 955. The first kappa shape index (κ1) is 17.6. The van der Waals surface area contributed by atoms with E-state index in [1.165, 1.54) is 12.1 Å². The summed E-state index contributed by atoms with van der Waals surface area (Å²) in [4.78, 5) is 11.4. The van der Waals surface area contributed by atoms with E-state index in [1.807, 2.05) is 0 Å². The Hall–Kier alpha value is -2.50. The number of alkyl halides is 3. The van der Waals surface area contributed by atoms with Gasteiger partial charge >= 0.3 is 12.1 Å². The normalized spacial score (nSPS) is 30.5. The van der Waals surface area contributed by atoms with Crippen molar-refractivity contribution in [2.24, 2.45) is 17.8 Å². The van der Waals surface area contributed by atoms with Crippen LogP contribution in [0.4, 0.5) is 18.9 Å². The summed E-state index contributed by atoms with van der Waals surface area (Å²) < 4.78 is 39.7. The highest BCUT2D eigenvalue weighted by molar-refractivity contribution is 5.88. The number of aromatic carboxylic acids is 1. The van der Waals surface area contributed by atoms with Crippen molar-refractivity contribution < 1.29 is 23.1 Å². The first-order valence-corrected chi connectivity index (χ1v) is 9.64. The number of nitrogens with one attached hydrogen (secondary N) is 1. The minimum absolute atomic E-state index is 0.189. The highest BCUT2D eigenvalue weighted by Crippen LogP contribution is 2.63. The first-order valence-electron chi connectivity index (χ1n) is 9.64. The zero-order valence-corrected chi connectivity index (χ0v) is 15.0. The van der Waals surface area contributed by atoms with Crippen LogP contribution in [0.3, 0.4) is 0 Å². The fourth-order valence-electron chi connectivity index (χ4n) is 5.86. The van der Waals surface area contributed by atoms with Gasteiger partial charge in [0.15, 0.2) is 0 Å². The summed E-state index contributed by atoms with van der Waals surface area (Å²) in [6, 6.07) is 10.5. The third-order valence-corrected chi connectivity index (χ3v) is 6.91. The molecule has 6 heteroatoms. The zero-order chi connectivity index (χ0) is 19.6. The van der Waals surface area contributed by atoms with Crippen LogP contribution in [0.5, 0.6) is 0 Å². The number of carbonyl (C=O) groups is 1. The lowest BCUT2D eigenvalue weighted by atomic mass is 9.68. The van der Waals surface area contributed by atoms with Crippen molar-refractivity contribution in [1.29, 1.82) is 0 Å². The molecule has 0 saturated heterocycles. The van der Waals surface area contributed by atoms with Crippen molar-refractivity contribution in [3.8, 4) is 0 Å². The third-order valence-electron chi connectivity index (χ3n) is 6.91. The second-order valence-electron chi connectivity index (χ2n) is 8.29. The minimum Gasteiger partial charge on any atom is -0.478 e. The highest BCUT2D eigenvalue weighted by Gasteiger charge is 2.54. The molecular formula is C22H20F3NO2. The van der Waals surface area contributed by atoms with E-state index in [0.29, 0.717) is 17.4 Å². The van der Waals surface area contributed by atoms with Crippen molar-refractivity contribution in [3.05, 3.63) is 64.7 Å². The zero-order valence-electron chi connectivity index (χ0n) is 15.0. The average molecular weight is 387 g/mol. The van der Waals surface area contributed by atoms with Gasteiger partial charge in [-0.25, -0.2) is 4.79 Å². The average Bonchev–Trinajstić information content (AvgIpc) is 3.29. The number of hydrogen-bond acceptors (Lipinski definition) is 2. The van der Waals surface area contributed by atoms with E-state index in [4.69, 9.17) is 0 Å². The number of fused-ring (bicyclic) bond motifs is 7. The van der Waals surface area contributed by atoms with Gasteiger partial charge in [0.25, 0.3) is 0 Å². The molecule has 2 aromatic carbocycles. The molecule has 3 aliphatic rings. The first-order chi connectivity index (χ1) is 13.3. The minimum atomic E-state index is -4.37. The van der Waals surface area contributed by atoms with E-state index in [-0.39, 0.29) is 23.4 Å². The fraction of sp³-hybridized carbons (Fsp3) is 0.409. The molecule has 1 heterocycles. The van der Waals surface area contributed by atoms with Gasteiger partial charge in [-0.1, -0.05) is 12.1 Å². The maximum absolute atomic E-state index is 13.2. The number of halogens is 3. The van der Waals surface area contributed by atoms with Crippen LogP contribution in [0.1, 0.15) is 58.3 Å². The van der Waals surface area contributed by atoms with Crippen LogP contribution >= 0.6 is 0 Å². The highest BCUT2D eigenvalue weighted by atomic mass is 19.4. The van der Waals surface area contributed by atoms with E-state index in [2.05, 4.69) is 5.32 Å². The number of carboxylic acid groups (broad SMARTS) is 1. The molecule has 2 saturated carbocycles. The summed E-state index contributed by atoms with van der Waals surface area (Å²) in [5.74, 6) is 0.381. The molecule has 0 radical (unpaired) electrons. The Morgan fingerprint density at radius 3 is 2.61 bits per heavy atom. The second kappa shape index (κ2) is 6.00. The number of carboxylic acids is 1. The molecule has 5 rings (SSSR count). The molecule has 1 aliphatic heterocycles. The summed E-state index contributed by atoms with van der Waals surface area (Å²) in [5, 5.41) is 12.8. The second-order valence-corrected chi connectivity index (χ2v) is 8.29. The van der Waals surface area contributed by atoms with E-state index in [1.54, 1.807) is 24.3 Å². The van der Waals surface area contributed by atoms with Crippen molar-refractivity contribution in [2.75, 3.05) is 5.32 Å². The fourth-order valence-corrected chi connectivity index (χ4v) is 5.86. The monoisotopic (exact) mass is 387 g/mol. The van der Waals surface area contributed by atoms with Gasteiger partial charge in [0.2, 0.25) is 0 Å². The molecule has 2 bridgehead atoms. The SMILES string of the molecule is O=C(O)c1ccc2c(c1)[C@H]1[C@H]3CC[C@H](C3)[C@@H]1[C@@H](c1cccc(C(F)(F)F)c1)N2. The van der Waals surface area contributed by atoms with Crippen LogP contribution in [0.2, 0.25) is 0 Å². The van der Waals surface area contributed by atoms with E-state index in [9.17, 15) is 23.1 Å². The number of anilines is 1. The van der Waals surface area contributed by atoms with Crippen LogP contribution in [0.15, 0.2) is 42.5 Å². The van der Waals surface area contributed by atoms with E-state index >= 15 is 0 Å². The Balaban J connectivity index is 1.61. The van der Waals surface area contributed by atoms with Gasteiger partial charge in [-0.05, 0) is 84.4 Å². The summed E-state index contributed by atoms with van der Waals surface area (Å²) >= 11 is 0. The van der Waals surface area contributed by atoms with Crippen LogP contribution in [-0.2, 0) is 6.18 Å². The molecule has 0 spiro atoms. The molecule has 2 fully saturated rings. The summed E-state index contributed by atoms with van der Waals surface area (Å²) in [5.41, 5.74) is 2.16. The lowest BCUT2D eigenvalue weighted by Crippen LogP contribution is -2.35. The van der Waals surface area contributed by atoms with Crippen molar-refractivity contribution in [2.45, 2.75) is 37.4 Å². The molecule has 0 amide bonds. The Kier molecular flexibility index (Phi) is 3.77. The molecule has 2 N–H and O–H groups in total. The number of rotatable bonds is 2. The third kappa shape index (κ3) is 2.61. The summed E-state index contributed by atoms with van der Waals surface area (Å²) in [6.07, 6.45) is -1.09.